The van der Waals surface area contributed by atoms with Crippen LogP contribution in [0.5, 0.6) is 0 Å². The van der Waals surface area contributed by atoms with Gasteiger partial charge in [-0.25, -0.2) is 0 Å². The third kappa shape index (κ3) is 4.94. The summed E-state index contributed by atoms with van der Waals surface area (Å²) in [5, 5.41) is 0. The standard InChI is InChI=1S/2C7H5BrO/c8-7-3-1-6(5-9)2-4-7;8-7-4-2-1-3-6(7)5-9/h2*1-5H. The van der Waals surface area contributed by atoms with Crippen molar-refractivity contribution in [1.82, 2.24) is 0 Å². The first-order valence-electron chi connectivity index (χ1n) is 5.08. The molecule has 0 bridgehead atoms. The van der Waals surface area contributed by atoms with E-state index in [1.807, 2.05) is 30.3 Å². The van der Waals surface area contributed by atoms with Crippen LogP contribution >= 0.6 is 31.9 Å². The van der Waals surface area contributed by atoms with Gasteiger partial charge in [0.2, 0.25) is 0 Å². The minimum absolute atomic E-state index is 0.692. The number of rotatable bonds is 2. The Hall–Kier alpha value is -1.26. The topological polar surface area (TPSA) is 34.1 Å². The zero-order valence-corrected chi connectivity index (χ0v) is 12.5. The fourth-order valence-electron chi connectivity index (χ4n) is 1.11. The number of benzene rings is 2. The number of hydrogen-bond donors (Lipinski definition) is 0. The smallest absolute Gasteiger partial charge is 0.151 e. The summed E-state index contributed by atoms with van der Waals surface area (Å²) in [5.74, 6) is 0. The van der Waals surface area contributed by atoms with Gasteiger partial charge in [0, 0.05) is 20.1 Å². The van der Waals surface area contributed by atoms with Gasteiger partial charge >= 0.3 is 0 Å². The Bertz CT molecular complexity index is 522. The average molecular weight is 370 g/mol. The van der Waals surface area contributed by atoms with Crippen LogP contribution in [0.3, 0.4) is 0 Å². The second kappa shape index (κ2) is 7.95. The number of carbonyl (C=O) groups excluding carboxylic acids is 2. The molecule has 0 amide bonds. The molecule has 0 aliphatic heterocycles. The van der Waals surface area contributed by atoms with E-state index in [1.54, 1.807) is 18.2 Å². The van der Waals surface area contributed by atoms with Crippen LogP contribution in [0.1, 0.15) is 20.7 Å². The van der Waals surface area contributed by atoms with Gasteiger partial charge in [-0.3, -0.25) is 9.59 Å². The lowest BCUT2D eigenvalue weighted by Gasteiger charge is -1.90. The summed E-state index contributed by atoms with van der Waals surface area (Å²) < 4.78 is 1.84. The summed E-state index contributed by atoms with van der Waals surface area (Å²) in [5.41, 5.74) is 1.40. The molecule has 2 nitrogen and oxygen atoms in total. The summed E-state index contributed by atoms with van der Waals surface area (Å²) in [6.07, 6.45) is 1.65. The second-order valence-electron chi connectivity index (χ2n) is 3.31. The van der Waals surface area contributed by atoms with E-state index in [4.69, 9.17) is 0 Å². The van der Waals surface area contributed by atoms with Gasteiger partial charge in [-0.2, -0.15) is 0 Å². The minimum Gasteiger partial charge on any atom is -0.298 e. The van der Waals surface area contributed by atoms with Crippen molar-refractivity contribution in [3.8, 4) is 0 Å². The highest BCUT2D eigenvalue weighted by molar-refractivity contribution is 9.10. The van der Waals surface area contributed by atoms with E-state index in [0.717, 1.165) is 21.5 Å². The number of carbonyl (C=O) groups is 2. The lowest BCUT2D eigenvalue weighted by Crippen LogP contribution is -1.78. The summed E-state index contributed by atoms with van der Waals surface area (Å²) in [7, 11) is 0. The van der Waals surface area contributed by atoms with Crippen molar-refractivity contribution in [1.29, 1.82) is 0 Å². The second-order valence-corrected chi connectivity index (χ2v) is 5.08. The number of hydrogen-bond acceptors (Lipinski definition) is 2. The van der Waals surface area contributed by atoms with Crippen molar-refractivity contribution >= 4 is 44.4 Å². The maximum Gasteiger partial charge on any atom is 0.151 e. The molecule has 2 rings (SSSR count). The van der Waals surface area contributed by atoms with Crippen molar-refractivity contribution in [3.05, 3.63) is 68.6 Å². The van der Waals surface area contributed by atoms with Crippen molar-refractivity contribution in [2.24, 2.45) is 0 Å². The normalized spacial score (nSPS) is 9.00. The molecule has 92 valence electrons. The summed E-state index contributed by atoms with van der Waals surface area (Å²) in [6.45, 7) is 0. The van der Waals surface area contributed by atoms with Gasteiger partial charge < -0.3 is 0 Å². The first kappa shape index (κ1) is 14.8. The molecule has 0 fully saturated rings. The molecule has 0 aliphatic carbocycles. The number of halogens is 2. The van der Waals surface area contributed by atoms with Gasteiger partial charge in [0.25, 0.3) is 0 Å². The van der Waals surface area contributed by atoms with Gasteiger partial charge in [0.1, 0.15) is 6.29 Å². The molecule has 0 saturated carbocycles. The average Bonchev–Trinajstić information content (AvgIpc) is 2.41. The minimum atomic E-state index is 0.692. The van der Waals surface area contributed by atoms with E-state index in [0.29, 0.717) is 11.1 Å². The van der Waals surface area contributed by atoms with Gasteiger partial charge in [0.15, 0.2) is 6.29 Å². The van der Waals surface area contributed by atoms with E-state index < -0.39 is 0 Å². The quantitative estimate of drug-likeness (QED) is 0.729. The van der Waals surface area contributed by atoms with Crippen molar-refractivity contribution in [2.45, 2.75) is 0 Å². The lowest BCUT2D eigenvalue weighted by atomic mass is 10.2. The molecule has 0 radical (unpaired) electrons. The van der Waals surface area contributed by atoms with E-state index in [9.17, 15) is 9.59 Å². The zero-order valence-electron chi connectivity index (χ0n) is 9.35. The molecule has 0 saturated heterocycles. The van der Waals surface area contributed by atoms with Crippen LogP contribution in [0.2, 0.25) is 0 Å². The molecule has 0 N–H and O–H groups in total. The van der Waals surface area contributed by atoms with Gasteiger partial charge in [-0.1, -0.05) is 62.2 Å². The third-order valence-electron chi connectivity index (χ3n) is 2.04. The Morgan fingerprint density at radius 3 is 1.83 bits per heavy atom. The van der Waals surface area contributed by atoms with Gasteiger partial charge in [0.05, 0.1) is 0 Å². The summed E-state index contributed by atoms with van der Waals surface area (Å²) in [6, 6.07) is 14.5. The fourth-order valence-corrected chi connectivity index (χ4v) is 1.75. The molecule has 0 heterocycles. The predicted molar refractivity (Wildman–Crippen MR) is 79.1 cm³/mol. The summed E-state index contributed by atoms with van der Waals surface area (Å²) in [4.78, 5) is 20.3. The van der Waals surface area contributed by atoms with E-state index in [-0.39, 0.29) is 0 Å². The Morgan fingerprint density at radius 1 is 0.778 bits per heavy atom. The van der Waals surface area contributed by atoms with Crippen LogP contribution in [0.25, 0.3) is 0 Å². The molecule has 2 aromatic carbocycles. The molecule has 0 aromatic heterocycles. The Balaban J connectivity index is 0.000000180. The maximum atomic E-state index is 10.2. The van der Waals surface area contributed by atoms with Gasteiger partial charge in [-0.05, 0) is 18.2 Å². The number of aldehydes is 2. The summed E-state index contributed by atoms with van der Waals surface area (Å²) >= 11 is 6.48. The molecular weight excluding hydrogens is 360 g/mol. The monoisotopic (exact) mass is 368 g/mol. The zero-order chi connectivity index (χ0) is 13.4. The van der Waals surface area contributed by atoms with E-state index in [1.165, 1.54) is 0 Å². The Kier molecular flexibility index (Phi) is 6.54. The van der Waals surface area contributed by atoms with Crippen LogP contribution in [0, 0.1) is 0 Å². The maximum absolute atomic E-state index is 10.2. The third-order valence-corrected chi connectivity index (χ3v) is 3.29. The van der Waals surface area contributed by atoms with Gasteiger partial charge in [-0.15, -0.1) is 0 Å². The van der Waals surface area contributed by atoms with Crippen molar-refractivity contribution < 1.29 is 9.59 Å². The van der Waals surface area contributed by atoms with Crippen LogP contribution in [-0.4, -0.2) is 12.6 Å². The van der Waals surface area contributed by atoms with Crippen LogP contribution in [-0.2, 0) is 0 Å². The van der Waals surface area contributed by atoms with Crippen molar-refractivity contribution in [3.63, 3.8) is 0 Å². The van der Waals surface area contributed by atoms with Crippen LogP contribution < -0.4 is 0 Å². The lowest BCUT2D eigenvalue weighted by molar-refractivity contribution is 0.111. The molecule has 4 heteroatoms. The SMILES string of the molecule is O=Cc1ccc(Br)cc1.O=Cc1ccccc1Br. The van der Waals surface area contributed by atoms with Crippen molar-refractivity contribution in [2.75, 3.05) is 0 Å². The van der Waals surface area contributed by atoms with E-state index >= 15 is 0 Å². The highest BCUT2D eigenvalue weighted by atomic mass is 79.9. The molecule has 2 aromatic rings. The largest absolute Gasteiger partial charge is 0.298 e. The predicted octanol–water partition coefficient (Wildman–Crippen LogP) is 4.52. The Labute approximate surface area is 122 Å². The van der Waals surface area contributed by atoms with Crippen LogP contribution in [0.4, 0.5) is 0 Å². The molecule has 0 spiro atoms. The molecule has 0 aliphatic rings. The van der Waals surface area contributed by atoms with E-state index in [2.05, 4.69) is 31.9 Å². The highest BCUT2D eigenvalue weighted by Gasteiger charge is 1.92. The highest BCUT2D eigenvalue weighted by Crippen LogP contribution is 2.12. The first-order valence-corrected chi connectivity index (χ1v) is 6.66. The molecular formula is C14H10Br2O2. The molecule has 0 unspecified atom stereocenters. The fraction of sp³-hybridized carbons (Fsp3) is 0. The van der Waals surface area contributed by atoms with Crippen LogP contribution in [0.15, 0.2) is 57.5 Å². The molecule has 0 atom stereocenters. The first-order chi connectivity index (χ1) is 8.67. The Morgan fingerprint density at radius 2 is 1.39 bits per heavy atom. The molecule has 18 heavy (non-hydrogen) atoms.